The first kappa shape index (κ1) is 30.6. The molecular formula is C26H39N5O5. The third-order valence-corrected chi connectivity index (χ3v) is 5.01. The monoisotopic (exact) mass is 501 g/mol. The summed E-state index contributed by atoms with van der Waals surface area (Å²) in [5.41, 5.74) is -0.476. The molecule has 1 heterocycles. The Morgan fingerprint density at radius 2 is 1.78 bits per heavy atom. The van der Waals surface area contributed by atoms with E-state index in [4.69, 9.17) is 0 Å². The first-order valence-electron chi connectivity index (χ1n) is 12.0. The predicted octanol–water partition coefficient (Wildman–Crippen LogP) is 1.76. The first-order valence-corrected chi connectivity index (χ1v) is 12.0. The van der Waals surface area contributed by atoms with E-state index < -0.39 is 41.7 Å². The summed E-state index contributed by atoms with van der Waals surface area (Å²) < 4.78 is 0. The van der Waals surface area contributed by atoms with Crippen LogP contribution in [0.4, 0.5) is 5.69 Å². The average Bonchev–Trinajstić information content (AvgIpc) is 3.22. The van der Waals surface area contributed by atoms with Crippen LogP contribution in [-0.2, 0) is 19.2 Å². The zero-order chi connectivity index (χ0) is 27.5. The summed E-state index contributed by atoms with van der Waals surface area (Å²) in [4.78, 5) is 51.8. The van der Waals surface area contributed by atoms with Crippen molar-refractivity contribution in [3.8, 4) is 6.07 Å². The van der Waals surface area contributed by atoms with Gasteiger partial charge in [0.15, 0.2) is 0 Å². The number of anilines is 1. The molecule has 0 aliphatic carbocycles. The Balaban J connectivity index is 0.00000150. The van der Waals surface area contributed by atoms with Crippen molar-refractivity contribution in [3.05, 3.63) is 30.3 Å². The Morgan fingerprint density at radius 1 is 1.19 bits per heavy atom. The largest absolute Gasteiger partial charge is 0.389 e. The van der Waals surface area contributed by atoms with Crippen molar-refractivity contribution in [3.63, 3.8) is 0 Å². The van der Waals surface area contributed by atoms with Gasteiger partial charge in [0.2, 0.25) is 23.6 Å². The van der Waals surface area contributed by atoms with E-state index in [-0.39, 0.29) is 32.0 Å². The SMILES string of the molecule is CC(C)C.CN(CC(=O)N1CC(C(=O)Nc2ccccc2)CC1C#N)C(=O)CC(=O)NCC(C)(C)O. The Hall–Kier alpha value is -3.45. The molecule has 1 aromatic carbocycles. The number of nitrogens with one attached hydrogen (secondary N) is 2. The molecule has 2 rings (SSSR count). The van der Waals surface area contributed by atoms with Crippen molar-refractivity contribution in [1.82, 2.24) is 15.1 Å². The quantitative estimate of drug-likeness (QED) is 0.463. The molecule has 0 bridgehead atoms. The Labute approximate surface area is 213 Å². The van der Waals surface area contributed by atoms with Crippen LogP contribution < -0.4 is 10.6 Å². The van der Waals surface area contributed by atoms with Gasteiger partial charge in [-0.3, -0.25) is 19.2 Å². The molecule has 0 spiro atoms. The van der Waals surface area contributed by atoms with Crippen LogP contribution >= 0.6 is 0 Å². The van der Waals surface area contributed by atoms with Crippen molar-refractivity contribution in [2.45, 2.75) is 59.1 Å². The lowest BCUT2D eigenvalue weighted by atomic mass is 10.1. The number of carbonyl (C=O) groups excluding carboxylic acids is 4. The zero-order valence-electron chi connectivity index (χ0n) is 22.1. The Bertz CT molecular complexity index is 934. The number of likely N-dealkylation sites (tertiary alicyclic amines) is 1. The van der Waals surface area contributed by atoms with Crippen molar-refractivity contribution < 1.29 is 24.3 Å². The second-order valence-electron chi connectivity index (χ2n) is 10.2. The molecule has 1 aromatic rings. The standard InChI is InChI=1S/C22H29N5O5.C4H10/c1-22(2,32)14-24-18(28)10-19(29)26(3)13-20(30)27-12-15(9-17(27)11-23)21(31)25-16-7-5-4-6-8-16;1-4(2)3/h4-8,15,17,32H,9-10,12-14H2,1-3H3,(H,24,28)(H,25,31);4H,1-3H3. The molecule has 2 atom stereocenters. The number of amides is 4. The van der Waals surface area contributed by atoms with Crippen LogP contribution in [-0.4, -0.2) is 76.9 Å². The molecule has 1 fully saturated rings. The van der Waals surface area contributed by atoms with Crippen LogP contribution in [0.3, 0.4) is 0 Å². The minimum Gasteiger partial charge on any atom is -0.389 e. The second kappa shape index (κ2) is 14.2. The highest BCUT2D eigenvalue weighted by Gasteiger charge is 2.39. The summed E-state index contributed by atoms with van der Waals surface area (Å²) in [5.74, 6) is -1.60. The summed E-state index contributed by atoms with van der Waals surface area (Å²) in [6.45, 7) is 9.29. The van der Waals surface area contributed by atoms with Crippen LogP contribution in [0.2, 0.25) is 0 Å². The molecule has 4 amide bonds. The molecular weight excluding hydrogens is 462 g/mol. The minimum atomic E-state index is -1.11. The van der Waals surface area contributed by atoms with E-state index in [1.165, 1.54) is 25.8 Å². The van der Waals surface area contributed by atoms with E-state index in [2.05, 4.69) is 31.4 Å². The fourth-order valence-corrected chi connectivity index (χ4v) is 3.22. The van der Waals surface area contributed by atoms with Gasteiger partial charge in [-0.05, 0) is 38.3 Å². The van der Waals surface area contributed by atoms with E-state index in [1.807, 2.05) is 12.1 Å². The maximum atomic E-state index is 12.7. The number of likely N-dealkylation sites (N-methyl/N-ethyl adjacent to an activating group) is 1. The van der Waals surface area contributed by atoms with Crippen LogP contribution in [0.15, 0.2) is 30.3 Å². The molecule has 3 N–H and O–H groups in total. The van der Waals surface area contributed by atoms with Gasteiger partial charge < -0.3 is 25.5 Å². The highest BCUT2D eigenvalue weighted by molar-refractivity contribution is 5.98. The van der Waals surface area contributed by atoms with E-state index in [0.717, 1.165) is 10.8 Å². The van der Waals surface area contributed by atoms with Crippen LogP contribution in [0.1, 0.15) is 47.5 Å². The molecule has 1 aliphatic rings. The van der Waals surface area contributed by atoms with Crippen molar-refractivity contribution in [2.75, 3.05) is 32.0 Å². The number of carbonyl (C=O) groups is 4. The van der Waals surface area contributed by atoms with Crippen LogP contribution in [0.25, 0.3) is 0 Å². The van der Waals surface area contributed by atoms with Gasteiger partial charge in [0.1, 0.15) is 12.5 Å². The van der Waals surface area contributed by atoms with E-state index in [1.54, 1.807) is 24.3 Å². The number of aliphatic hydroxyl groups is 1. The Morgan fingerprint density at radius 3 is 2.31 bits per heavy atom. The number of hydrogen-bond donors (Lipinski definition) is 3. The van der Waals surface area contributed by atoms with Crippen LogP contribution in [0.5, 0.6) is 0 Å². The van der Waals surface area contributed by atoms with Crippen molar-refractivity contribution in [1.29, 1.82) is 5.26 Å². The third kappa shape index (κ3) is 11.3. The summed E-state index contributed by atoms with van der Waals surface area (Å²) in [6, 6.07) is 10.2. The van der Waals surface area contributed by atoms with E-state index >= 15 is 0 Å². The lowest BCUT2D eigenvalue weighted by Gasteiger charge is -2.24. The van der Waals surface area contributed by atoms with E-state index in [0.29, 0.717) is 5.69 Å². The molecule has 1 aliphatic heterocycles. The van der Waals surface area contributed by atoms with Crippen molar-refractivity contribution >= 4 is 29.3 Å². The number of benzene rings is 1. The number of nitriles is 1. The molecule has 0 saturated carbocycles. The molecule has 2 unspecified atom stereocenters. The lowest BCUT2D eigenvalue weighted by molar-refractivity contribution is -0.141. The topological polar surface area (TPSA) is 143 Å². The fourth-order valence-electron chi connectivity index (χ4n) is 3.22. The van der Waals surface area contributed by atoms with Gasteiger partial charge in [0.05, 0.1) is 24.1 Å². The zero-order valence-corrected chi connectivity index (χ0v) is 22.1. The summed E-state index contributed by atoms with van der Waals surface area (Å²) in [7, 11) is 1.39. The van der Waals surface area contributed by atoms with Gasteiger partial charge in [0, 0.05) is 25.8 Å². The normalized spacial score (nSPS) is 16.9. The van der Waals surface area contributed by atoms with Gasteiger partial charge in [-0.1, -0.05) is 39.0 Å². The van der Waals surface area contributed by atoms with Gasteiger partial charge in [-0.2, -0.15) is 5.26 Å². The lowest BCUT2D eigenvalue weighted by Crippen LogP contribution is -2.45. The van der Waals surface area contributed by atoms with Gasteiger partial charge in [-0.15, -0.1) is 0 Å². The number of hydrogen-bond acceptors (Lipinski definition) is 6. The minimum absolute atomic E-state index is 0.00812. The summed E-state index contributed by atoms with van der Waals surface area (Å²) in [6.07, 6.45) is -0.262. The molecule has 198 valence electrons. The highest BCUT2D eigenvalue weighted by atomic mass is 16.3. The predicted molar refractivity (Wildman–Crippen MR) is 136 cm³/mol. The number of nitrogens with zero attached hydrogens (tertiary/aromatic N) is 3. The number of para-hydroxylation sites is 1. The van der Waals surface area contributed by atoms with Gasteiger partial charge >= 0.3 is 0 Å². The third-order valence-electron chi connectivity index (χ3n) is 5.01. The summed E-state index contributed by atoms with van der Waals surface area (Å²) >= 11 is 0. The van der Waals surface area contributed by atoms with E-state index in [9.17, 15) is 29.5 Å². The maximum absolute atomic E-state index is 12.7. The highest BCUT2D eigenvalue weighted by Crippen LogP contribution is 2.24. The smallest absolute Gasteiger partial charge is 0.243 e. The molecule has 1 saturated heterocycles. The van der Waals surface area contributed by atoms with Crippen LogP contribution in [0, 0.1) is 23.2 Å². The van der Waals surface area contributed by atoms with Crippen molar-refractivity contribution in [2.24, 2.45) is 11.8 Å². The summed E-state index contributed by atoms with van der Waals surface area (Å²) in [5, 5.41) is 24.3. The molecule has 10 heteroatoms. The molecule has 0 radical (unpaired) electrons. The fraction of sp³-hybridized carbons (Fsp3) is 0.577. The molecule has 10 nitrogen and oxygen atoms in total. The second-order valence-corrected chi connectivity index (χ2v) is 10.2. The van der Waals surface area contributed by atoms with Gasteiger partial charge in [-0.25, -0.2) is 0 Å². The maximum Gasteiger partial charge on any atom is 0.243 e. The molecule has 0 aromatic heterocycles. The Kier molecular flexibility index (Phi) is 12.1. The number of rotatable bonds is 8. The average molecular weight is 502 g/mol. The first-order chi connectivity index (χ1) is 16.7. The molecule has 36 heavy (non-hydrogen) atoms. The van der Waals surface area contributed by atoms with Gasteiger partial charge in [0.25, 0.3) is 0 Å².